The summed E-state index contributed by atoms with van der Waals surface area (Å²) in [6.45, 7) is 2.41. The number of hydrogen-bond donors (Lipinski definition) is 1. The van der Waals surface area contributed by atoms with Gasteiger partial charge in [-0.25, -0.2) is 0 Å². The molecule has 0 radical (unpaired) electrons. The molecule has 2 bridgehead atoms. The molecule has 1 fully saturated rings. The van der Waals surface area contributed by atoms with Crippen LogP contribution in [0.1, 0.15) is 24.5 Å². The minimum Gasteiger partial charge on any atom is -0.504 e. The molecule has 2 aliphatic heterocycles. The lowest BCUT2D eigenvalue weighted by atomic mass is 9.53. The molecule has 2 unspecified atom stereocenters. The summed E-state index contributed by atoms with van der Waals surface area (Å²) in [6, 6.07) is 4.18. The average Bonchev–Trinajstić information content (AvgIpc) is 2.89. The maximum Gasteiger partial charge on any atom is 0.303 e. The Bertz CT molecular complexity index is 773. The molecule has 4 aliphatic rings. The molecule has 2 aliphatic carbocycles. The molecule has 2 heterocycles. The second-order valence-corrected chi connectivity index (χ2v) is 7.51. The summed E-state index contributed by atoms with van der Waals surface area (Å²) >= 11 is 0. The summed E-state index contributed by atoms with van der Waals surface area (Å²) in [5.74, 6) is 0.814. The van der Waals surface area contributed by atoms with E-state index < -0.39 is 6.10 Å². The van der Waals surface area contributed by atoms with E-state index in [-0.39, 0.29) is 23.2 Å². The van der Waals surface area contributed by atoms with Crippen LogP contribution >= 0.6 is 0 Å². The van der Waals surface area contributed by atoms with Crippen molar-refractivity contribution in [2.24, 2.45) is 5.92 Å². The molecule has 1 saturated heterocycles. The number of likely N-dealkylation sites (tertiary alicyclic amines) is 1. The molecule has 0 aromatic heterocycles. The topological polar surface area (TPSA) is 59.0 Å². The Morgan fingerprint density at radius 1 is 1.42 bits per heavy atom. The quantitative estimate of drug-likeness (QED) is 0.629. The summed E-state index contributed by atoms with van der Waals surface area (Å²) in [5.41, 5.74) is 2.21. The minimum absolute atomic E-state index is 0.190. The second kappa shape index (κ2) is 4.54. The highest BCUT2D eigenvalue weighted by atomic mass is 16.6. The predicted molar refractivity (Wildman–Crippen MR) is 87.1 cm³/mol. The van der Waals surface area contributed by atoms with Crippen molar-refractivity contribution in [2.45, 2.75) is 43.4 Å². The first kappa shape index (κ1) is 14.3. The molecule has 1 N–H and O–H groups in total. The third-order valence-corrected chi connectivity index (χ3v) is 6.43. The summed E-state index contributed by atoms with van der Waals surface area (Å²) in [5, 5.41) is 10.4. The fourth-order valence-electron chi connectivity index (χ4n) is 5.51. The van der Waals surface area contributed by atoms with Gasteiger partial charge in [0.05, 0.1) is 0 Å². The average molecular weight is 327 g/mol. The smallest absolute Gasteiger partial charge is 0.303 e. The molecular weight excluding hydrogens is 306 g/mol. The van der Waals surface area contributed by atoms with Gasteiger partial charge in [-0.05, 0) is 44.1 Å². The van der Waals surface area contributed by atoms with Crippen molar-refractivity contribution < 1.29 is 19.4 Å². The van der Waals surface area contributed by atoms with Gasteiger partial charge in [-0.15, -0.1) is 0 Å². The Balaban J connectivity index is 1.74. The Kier molecular flexibility index (Phi) is 2.71. The predicted octanol–water partition coefficient (Wildman–Crippen LogP) is 1.77. The number of esters is 1. The van der Waals surface area contributed by atoms with Gasteiger partial charge in [-0.2, -0.15) is 0 Å². The van der Waals surface area contributed by atoms with Gasteiger partial charge in [0.15, 0.2) is 17.6 Å². The van der Waals surface area contributed by atoms with E-state index in [0.717, 1.165) is 24.9 Å². The molecule has 5 nitrogen and oxygen atoms in total. The maximum atomic E-state index is 11.6. The van der Waals surface area contributed by atoms with Crippen molar-refractivity contribution >= 4 is 5.97 Å². The van der Waals surface area contributed by atoms with Crippen molar-refractivity contribution in [3.05, 3.63) is 35.4 Å². The number of carbonyl (C=O) groups excluding carboxylic acids is 1. The van der Waals surface area contributed by atoms with E-state index in [1.807, 2.05) is 12.1 Å². The Morgan fingerprint density at radius 3 is 3.04 bits per heavy atom. The van der Waals surface area contributed by atoms with E-state index in [0.29, 0.717) is 17.7 Å². The summed E-state index contributed by atoms with van der Waals surface area (Å²) < 4.78 is 11.8. The van der Waals surface area contributed by atoms with Crippen molar-refractivity contribution in [3.8, 4) is 11.5 Å². The van der Waals surface area contributed by atoms with Crippen molar-refractivity contribution in [2.75, 3.05) is 13.6 Å². The fraction of sp³-hybridized carbons (Fsp3) is 0.526. The minimum atomic E-state index is -0.402. The Labute approximate surface area is 140 Å². The van der Waals surface area contributed by atoms with Gasteiger partial charge in [0.2, 0.25) is 0 Å². The highest BCUT2D eigenvalue weighted by molar-refractivity contribution is 5.67. The van der Waals surface area contributed by atoms with Crippen LogP contribution in [0.5, 0.6) is 11.5 Å². The molecular formula is C19H21NO4. The molecule has 5 rings (SSSR count). The lowest BCUT2D eigenvalue weighted by Gasteiger charge is -2.56. The van der Waals surface area contributed by atoms with Gasteiger partial charge in [0, 0.05) is 29.9 Å². The molecule has 126 valence electrons. The van der Waals surface area contributed by atoms with Crippen LogP contribution in [0, 0.1) is 5.92 Å². The number of carbonyl (C=O) groups is 1. The lowest BCUT2D eigenvalue weighted by Crippen LogP contribution is -2.65. The standard InChI is InChI=1S/C19H21NO4/c1-10(21)23-15-6-4-12-13-9-11-3-5-14(22)17-16(11)19(12,18(15)24-17)7-8-20(13)2/h3-6,12-13,15,18,22H,7-9H2,1-2H3/t12?,13-,15+,18?,19+/m1/s1. The van der Waals surface area contributed by atoms with E-state index in [9.17, 15) is 9.90 Å². The van der Waals surface area contributed by atoms with Crippen LogP contribution in [0.3, 0.4) is 0 Å². The summed E-state index contributed by atoms with van der Waals surface area (Å²) in [7, 11) is 2.18. The Hall–Kier alpha value is -2.01. The highest BCUT2D eigenvalue weighted by Gasteiger charge is 2.64. The molecule has 1 aromatic rings. The molecule has 1 aromatic carbocycles. The van der Waals surface area contributed by atoms with Gasteiger partial charge in [-0.3, -0.25) is 4.79 Å². The first-order valence-electron chi connectivity index (χ1n) is 8.60. The number of benzene rings is 1. The van der Waals surface area contributed by atoms with Gasteiger partial charge in [-0.1, -0.05) is 12.1 Å². The third-order valence-electron chi connectivity index (χ3n) is 6.43. The van der Waals surface area contributed by atoms with E-state index in [1.54, 1.807) is 6.07 Å². The molecule has 0 saturated carbocycles. The van der Waals surface area contributed by atoms with Crippen LogP contribution < -0.4 is 4.74 Å². The first-order chi connectivity index (χ1) is 11.5. The lowest BCUT2D eigenvalue weighted by molar-refractivity contribution is -0.152. The number of ether oxygens (including phenoxy) is 2. The number of hydrogen-bond acceptors (Lipinski definition) is 5. The number of phenolic OH excluding ortho intramolecular Hbond substituents is 1. The zero-order valence-electron chi connectivity index (χ0n) is 13.9. The SMILES string of the molecule is CC(=O)O[C@H]1C=CC2[C@H]3Cc4ccc(O)c5c4[C@@]2(CCN3C)C1O5. The number of piperidine rings is 1. The zero-order chi connectivity index (χ0) is 16.6. The van der Waals surface area contributed by atoms with Gasteiger partial charge in [0.25, 0.3) is 0 Å². The number of phenols is 1. The summed E-state index contributed by atoms with van der Waals surface area (Å²) in [6.07, 6.45) is 5.45. The van der Waals surface area contributed by atoms with E-state index in [1.165, 1.54) is 12.5 Å². The van der Waals surface area contributed by atoms with Crippen LogP contribution in [0.2, 0.25) is 0 Å². The Morgan fingerprint density at radius 2 is 2.25 bits per heavy atom. The molecule has 0 amide bonds. The van der Waals surface area contributed by atoms with Crippen LogP contribution in [0.25, 0.3) is 0 Å². The first-order valence-corrected chi connectivity index (χ1v) is 8.60. The van der Waals surface area contributed by atoms with E-state index in [4.69, 9.17) is 9.47 Å². The van der Waals surface area contributed by atoms with Crippen molar-refractivity contribution in [1.29, 1.82) is 0 Å². The molecule has 5 heteroatoms. The van der Waals surface area contributed by atoms with Crippen LogP contribution in [-0.4, -0.2) is 47.8 Å². The molecule has 5 atom stereocenters. The van der Waals surface area contributed by atoms with E-state index >= 15 is 0 Å². The number of aromatic hydroxyl groups is 1. The number of likely N-dealkylation sites (N-methyl/N-ethyl adjacent to an activating group) is 1. The zero-order valence-corrected chi connectivity index (χ0v) is 13.9. The van der Waals surface area contributed by atoms with Gasteiger partial charge in [0.1, 0.15) is 6.10 Å². The second-order valence-electron chi connectivity index (χ2n) is 7.51. The van der Waals surface area contributed by atoms with Crippen molar-refractivity contribution in [3.63, 3.8) is 0 Å². The number of nitrogens with zero attached hydrogens (tertiary/aromatic N) is 1. The maximum absolute atomic E-state index is 11.6. The normalized spacial score (nSPS) is 38.4. The fourth-order valence-corrected chi connectivity index (χ4v) is 5.51. The van der Waals surface area contributed by atoms with Crippen LogP contribution in [0.15, 0.2) is 24.3 Å². The monoisotopic (exact) mass is 327 g/mol. The number of rotatable bonds is 1. The molecule has 1 spiro atoms. The van der Waals surface area contributed by atoms with Gasteiger partial charge < -0.3 is 19.5 Å². The highest BCUT2D eigenvalue weighted by Crippen LogP contribution is 2.62. The van der Waals surface area contributed by atoms with Gasteiger partial charge >= 0.3 is 5.97 Å². The molecule has 24 heavy (non-hydrogen) atoms. The van der Waals surface area contributed by atoms with Crippen LogP contribution in [0.4, 0.5) is 0 Å². The third kappa shape index (κ3) is 1.56. The summed E-state index contributed by atoms with van der Waals surface area (Å²) in [4.78, 5) is 14.0. The van der Waals surface area contributed by atoms with E-state index in [2.05, 4.69) is 18.0 Å². The van der Waals surface area contributed by atoms with Crippen LogP contribution in [-0.2, 0) is 21.4 Å². The van der Waals surface area contributed by atoms with Crippen molar-refractivity contribution in [1.82, 2.24) is 4.90 Å². The largest absolute Gasteiger partial charge is 0.504 e.